The van der Waals surface area contributed by atoms with E-state index >= 15 is 0 Å². The fourth-order valence-electron chi connectivity index (χ4n) is 3.52. The van der Waals surface area contributed by atoms with E-state index in [0.29, 0.717) is 18.7 Å². The molecular formula is C20H21N3O3. The van der Waals surface area contributed by atoms with Crippen LogP contribution in [0.2, 0.25) is 0 Å². The molecule has 6 nitrogen and oxygen atoms in total. The Kier molecular flexibility index (Phi) is 4.32. The van der Waals surface area contributed by atoms with Crippen LogP contribution >= 0.6 is 0 Å². The number of carbonyl (C=O) groups excluding carboxylic acids is 1. The molecule has 2 aliphatic heterocycles. The normalized spacial score (nSPS) is 21.7. The Balaban J connectivity index is 1.47. The average molecular weight is 351 g/mol. The van der Waals surface area contributed by atoms with Crippen molar-refractivity contribution in [3.8, 4) is 11.8 Å². The Labute approximate surface area is 152 Å². The van der Waals surface area contributed by atoms with Gasteiger partial charge < -0.3 is 14.4 Å². The van der Waals surface area contributed by atoms with Crippen molar-refractivity contribution in [3.05, 3.63) is 53.9 Å². The van der Waals surface area contributed by atoms with E-state index in [4.69, 9.17) is 9.47 Å². The molecule has 1 aromatic heterocycles. The molecule has 0 bridgehead atoms. The minimum atomic E-state index is -0.334. The molecule has 0 saturated carbocycles. The van der Waals surface area contributed by atoms with E-state index in [2.05, 4.69) is 28.2 Å². The topological polar surface area (TPSA) is 64.5 Å². The number of methoxy groups -OCH3 is 1. The third kappa shape index (κ3) is 3.14. The lowest BCUT2D eigenvalue weighted by molar-refractivity contribution is 0.0729. The lowest BCUT2D eigenvalue weighted by atomic mass is 9.91. The lowest BCUT2D eigenvalue weighted by Gasteiger charge is -2.34. The molecule has 134 valence electrons. The number of aromatic nitrogens is 2. The van der Waals surface area contributed by atoms with Crippen LogP contribution in [0.25, 0.3) is 6.08 Å². The number of carbonyl (C=O) groups is 1. The standard InChI is InChI=1S/C20H21N3O3/c1-25-19-21-13-16(14-22-19)18(24)23-11-4-8-20(10-12-23)9-7-15-5-2-3-6-17(15)26-20/h2-3,5-7,9,13-14H,4,8,10-12H2,1H3/t20-/m1/s1. The lowest BCUT2D eigenvalue weighted by Crippen LogP contribution is -2.38. The van der Waals surface area contributed by atoms with Gasteiger partial charge in [0.15, 0.2) is 0 Å². The summed E-state index contributed by atoms with van der Waals surface area (Å²) in [5, 5.41) is 0. The van der Waals surface area contributed by atoms with Gasteiger partial charge in [0, 0.05) is 37.5 Å². The summed E-state index contributed by atoms with van der Waals surface area (Å²) in [5.74, 6) is 0.864. The predicted molar refractivity (Wildman–Crippen MR) is 97.2 cm³/mol. The van der Waals surface area contributed by atoms with Crippen LogP contribution in [0.4, 0.5) is 0 Å². The highest BCUT2D eigenvalue weighted by atomic mass is 16.5. The Hall–Kier alpha value is -2.89. The summed E-state index contributed by atoms with van der Waals surface area (Å²) in [6.07, 6.45) is 9.86. The molecule has 0 unspecified atom stereocenters. The highest BCUT2D eigenvalue weighted by Gasteiger charge is 2.36. The SMILES string of the molecule is COc1ncc(C(=O)N2CCC[C@@]3(C=Cc4ccccc4O3)CC2)cn1. The van der Waals surface area contributed by atoms with Crippen molar-refractivity contribution < 1.29 is 14.3 Å². The van der Waals surface area contributed by atoms with Crippen LogP contribution in [0.3, 0.4) is 0 Å². The van der Waals surface area contributed by atoms with Crippen LogP contribution in [0, 0.1) is 0 Å². The summed E-state index contributed by atoms with van der Waals surface area (Å²) in [4.78, 5) is 22.7. The first-order chi connectivity index (χ1) is 12.7. The molecule has 1 amide bonds. The molecule has 0 aliphatic carbocycles. The van der Waals surface area contributed by atoms with Crippen molar-refractivity contribution in [2.45, 2.75) is 24.9 Å². The van der Waals surface area contributed by atoms with Gasteiger partial charge in [-0.15, -0.1) is 0 Å². The second kappa shape index (κ2) is 6.78. The van der Waals surface area contributed by atoms with Crippen LogP contribution in [0.15, 0.2) is 42.7 Å². The summed E-state index contributed by atoms with van der Waals surface area (Å²) in [5.41, 5.74) is 1.25. The molecule has 6 heteroatoms. The zero-order chi connectivity index (χ0) is 18.0. The molecule has 0 N–H and O–H groups in total. The number of likely N-dealkylation sites (tertiary alicyclic amines) is 1. The van der Waals surface area contributed by atoms with Crippen molar-refractivity contribution >= 4 is 12.0 Å². The molecular weight excluding hydrogens is 330 g/mol. The highest BCUT2D eigenvalue weighted by molar-refractivity contribution is 5.93. The minimum Gasteiger partial charge on any atom is -0.483 e. The molecule has 1 saturated heterocycles. The third-order valence-corrected chi connectivity index (χ3v) is 4.98. The first-order valence-electron chi connectivity index (χ1n) is 8.82. The van der Waals surface area contributed by atoms with Gasteiger partial charge in [-0.1, -0.05) is 24.3 Å². The van der Waals surface area contributed by atoms with Gasteiger partial charge in [0.25, 0.3) is 5.91 Å². The van der Waals surface area contributed by atoms with E-state index in [1.165, 1.54) is 19.5 Å². The van der Waals surface area contributed by atoms with Crippen molar-refractivity contribution in [1.82, 2.24) is 14.9 Å². The molecule has 1 fully saturated rings. The van der Waals surface area contributed by atoms with E-state index in [-0.39, 0.29) is 17.5 Å². The van der Waals surface area contributed by atoms with Crippen molar-refractivity contribution in [1.29, 1.82) is 0 Å². The van der Waals surface area contributed by atoms with Crippen LogP contribution in [0.5, 0.6) is 11.8 Å². The molecule has 1 spiro atoms. The fourth-order valence-corrected chi connectivity index (χ4v) is 3.52. The summed E-state index contributed by atoms with van der Waals surface area (Å²) < 4.78 is 11.3. The quantitative estimate of drug-likeness (QED) is 0.832. The number of para-hydroxylation sites is 1. The number of hydrogen-bond donors (Lipinski definition) is 0. The van der Waals surface area contributed by atoms with Crippen LogP contribution < -0.4 is 9.47 Å². The van der Waals surface area contributed by atoms with Crippen molar-refractivity contribution in [2.24, 2.45) is 0 Å². The highest BCUT2D eigenvalue weighted by Crippen LogP contribution is 2.37. The zero-order valence-electron chi connectivity index (χ0n) is 14.7. The number of amides is 1. The summed E-state index contributed by atoms with van der Waals surface area (Å²) in [6, 6.07) is 8.31. The number of fused-ring (bicyclic) bond motifs is 1. The summed E-state index contributed by atoms with van der Waals surface area (Å²) >= 11 is 0. The smallest absolute Gasteiger partial charge is 0.316 e. The van der Waals surface area contributed by atoms with Gasteiger partial charge in [-0.25, -0.2) is 9.97 Å². The number of nitrogens with zero attached hydrogens (tertiary/aromatic N) is 3. The predicted octanol–water partition coefficient (Wildman–Crippen LogP) is 2.96. The van der Waals surface area contributed by atoms with E-state index in [9.17, 15) is 4.79 Å². The maximum Gasteiger partial charge on any atom is 0.316 e. The van der Waals surface area contributed by atoms with Crippen LogP contribution in [-0.2, 0) is 0 Å². The largest absolute Gasteiger partial charge is 0.483 e. The zero-order valence-corrected chi connectivity index (χ0v) is 14.7. The van der Waals surface area contributed by atoms with E-state index in [1.54, 1.807) is 0 Å². The third-order valence-electron chi connectivity index (χ3n) is 4.98. The minimum absolute atomic E-state index is 0.0510. The average Bonchev–Trinajstić information content (AvgIpc) is 2.90. The molecule has 1 atom stereocenters. The second-order valence-electron chi connectivity index (χ2n) is 6.64. The maximum absolute atomic E-state index is 12.8. The van der Waals surface area contributed by atoms with Gasteiger partial charge in [-0.05, 0) is 25.0 Å². The van der Waals surface area contributed by atoms with Gasteiger partial charge in [0.2, 0.25) is 0 Å². The number of rotatable bonds is 2. The number of benzene rings is 1. The Morgan fingerprint density at radius 2 is 2.00 bits per heavy atom. The number of ether oxygens (including phenoxy) is 2. The van der Waals surface area contributed by atoms with Crippen LogP contribution in [0.1, 0.15) is 35.2 Å². The van der Waals surface area contributed by atoms with Gasteiger partial charge in [0.1, 0.15) is 11.4 Å². The molecule has 3 heterocycles. The van der Waals surface area contributed by atoms with E-state index < -0.39 is 0 Å². The van der Waals surface area contributed by atoms with Gasteiger partial charge >= 0.3 is 6.01 Å². The van der Waals surface area contributed by atoms with E-state index in [0.717, 1.165) is 30.6 Å². The van der Waals surface area contributed by atoms with Crippen LogP contribution in [-0.4, -0.2) is 46.6 Å². The molecule has 2 aliphatic rings. The molecule has 0 radical (unpaired) electrons. The van der Waals surface area contributed by atoms with Gasteiger partial charge in [-0.3, -0.25) is 4.79 Å². The number of hydrogen-bond acceptors (Lipinski definition) is 5. The molecule has 2 aromatic rings. The Bertz CT molecular complexity index is 834. The molecule has 1 aromatic carbocycles. The van der Waals surface area contributed by atoms with Crippen molar-refractivity contribution in [2.75, 3.05) is 20.2 Å². The monoisotopic (exact) mass is 351 g/mol. The fraction of sp³-hybridized carbons (Fsp3) is 0.350. The van der Waals surface area contributed by atoms with Gasteiger partial charge in [0.05, 0.1) is 12.7 Å². The first-order valence-corrected chi connectivity index (χ1v) is 8.82. The molecule has 26 heavy (non-hydrogen) atoms. The summed E-state index contributed by atoms with van der Waals surface area (Å²) in [6.45, 7) is 1.34. The summed E-state index contributed by atoms with van der Waals surface area (Å²) in [7, 11) is 1.50. The molecule has 4 rings (SSSR count). The Morgan fingerprint density at radius 3 is 2.81 bits per heavy atom. The Morgan fingerprint density at radius 1 is 1.19 bits per heavy atom. The van der Waals surface area contributed by atoms with Gasteiger partial charge in [-0.2, -0.15) is 0 Å². The van der Waals surface area contributed by atoms with Crippen molar-refractivity contribution in [3.63, 3.8) is 0 Å². The second-order valence-corrected chi connectivity index (χ2v) is 6.64. The maximum atomic E-state index is 12.8. The first kappa shape index (κ1) is 16.6. The van der Waals surface area contributed by atoms with E-state index in [1.807, 2.05) is 23.1 Å².